The smallest absolute Gasteiger partial charge is 0.416 e. The van der Waals surface area contributed by atoms with E-state index in [1.54, 1.807) is 19.1 Å². The summed E-state index contributed by atoms with van der Waals surface area (Å²) >= 11 is 0. The number of alkyl halides is 3. The molecule has 0 bridgehead atoms. The summed E-state index contributed by atoms with van der Waals surface area (Å²) in [6.45, 7) is 8.66. The Bertz CT molecular complexity index is 1420. The monoisotopic (exact) mass is 497 g/mol. The number of methoxy groups -OCH3 is 1. The Kier molecular flexibility index (Phi) is 6.97. The van der Waals surface area contributed by atoms with Gasteiger partial charge in [0.05, 0.1) is 42.1 Å². The number of fused-ring (bicyclic) bond motifs is 1. The van der Waals surface area contributed by atoms with Gasteiger partial charge in [-0.2, -0.15) is 13.2 Å². The molecule has 2 aromatic carbocycles. The fraction of sp³-hybridized carbons (Fsp3) is 0.364. The van der Waals surface area contributed by atoms with Gasteiger partial charge < -0.3 is 9.47 Å². The Balaban J connectivity index is 2.35. The summed E-state index contributed by atoms with van der Waals surface area (Å²) in [7, 11) is -2.23. The van der Waals surface area contributed by atoms with Crippen molar-refractivity contribution in [1.29, 1.82) is 0 Å². The van der Waals surface area contributed by atoms with E-state index in [4.69, 9.17) is 16.0 Å². The van der Waals surface area contributed by atoms with Crippen LogP contribution in [0, 0.1) is 6.57 Å². The number of imidazole rings is 1. The Morgan fingerprint density at radius 2 is 1.82 bits per heavy atom. The summed E-state index contributed by atoms with van der Waals surface area (Å²) in [5.41, 5.74) is -1.46. The Hall–Kier alpha value is -3.46. The van der Waals surface area contributed by atoms with E-state index in [2.05, 4.69) is 4.85 Å². The average Bonchev–Trinajstić information content (AvgIpc) is 3.02. The second-order valence-electron chi connectivity index (χ2n) is 7.53. The fourth-order valence-electron chi connectivity index (χ4n) is 3.74. The third-order valence-corrected chi connectivity index (χ3v) is 6.07. The largest absolute Gasteiger partial charge is 0.493 e. The van der Waals surface area contributed by atoms with Gasteiger partial charge in [0.2, 0.25) is 0 Å². The molecular formula is C22H22F3N3O5S. The standard InChI is InChI=1S/C22H22F3N3O5S/c1-5-33-20-10-14(6-9-19(20)32-3)18(12-34(4,30)31)28-16-8-7-15(22(23,24)25)11-17(16)27(13-26-2)21(28)29/h6-11,18H,5,12-13H2,1,3-4H3/t18-/m1/s1. The molecule has 0 N–H and O–H groups in total. The van der Waals surface area contributed by atoms with Crippen LogP contribution in [0.25, 0.3) is 15.9 Å². The van der Waals surface area contributed by atoms with Crippen LogP contribution in [0.15, 0.2) is 41.2 Å². The SMILES string of the molecule is [C-]#[N+]Cn1c(=O)n([C@H](CS(C)(=O)=O)c2ccc(OC)c(OCC)c2)c2ccc(C(F)(F)F)cc21. The van der Waals surface area contributed by atoms with Gasteiger partial charge in [0.15, 0.2) is 11.5 Å². The highest BCUT2D eigenvalue weighted by Crippen LogP contribution is 2.35. The summed E-state index contributed by atoms with van der Waals surface area (Å²) < 4.78 is 77.4. The van der Waals surface area contributed by atoms with Crippen LogP contribution >= 0.6 is 0 Å². The number of nitrogens with zero attached hydrogens (tertiary/aromatic N) is 3. The van der Waals surface area contributed by atoms with E-state index in [0.29, 0.717) is 23.7 Å². The molecule has 0 saturated heterocycles. The number of rotatable bonds is 8. The molecule has 0 fully saturated rings. The minimum absolute atomic E-state index is 0.0732. The molecule has 0 aliphatic carbocycles. The zero-order valence-electron chi connectivity index (χ0n) is 18.6. The van der Waals surface area contributed by atoms with Gasteiger partial charge in [-0.3, -0.25) is 9.41 Å². The van der Waals surface area contributed by atoms with Gasteiger partial charge >= 0.3 is 11.9 Å². The van der Waals surface area contributed by atoms with Crippen molar-refractivity contribution in [2.45, 2.75) is 25.8 Å². The third-order valence-electron chi connectivity index (χ3n) is 5.15. The van der Waals surface area contributed by atoms with Crippen molar-refractivity contribution in [2.75, 3.05) is 25.7 Å². The Labute approximate surface area is 193 Å². The van der Waals surface area contributed by atoms with Crippen LogP contribution in [0.4, 0.5) is 13.2 Å². The minimum Gasteiger partial charge on any atom is -0.493 e. The highest BCUT2D eigenvalue weighted by molar-refractivity contribution is 7.90. The molecule has 0 radical (unpaired) electrons. The number of hydrogen-bond acceptors (Lipinski definition) is 5. The zero-order valence-corrected chi connectivity index (χ0v) is 19.4. The molecule has 0 spiro atoms. The van der Waals surface area contributed by atoms with E-state index in [0.717, 1.165) is 33.6 Å². The normalized spacial score (nSPS) is 13.0. The Morgan fingerprint density at radius 3 is 2.38 bits per heavy atom. The molecule has 3 rings (SSSR count). The van der Waals surface area contributed by atoms with Gasteiger partial charge in [-0.15, -0.1) is 0 Å². The molecule has 12 heteroatoms. The van der Waals surface area contributed by atoms with Gasteiger partial charge in [0.25, 0.3) is 6.67 Å². The molecule has 1 heterocycles. The summed E-state index contributed by atoms with van der Waals surface area (Å²) in [5.74, 6) is 0.197. The van der Waals surface area contributed by atoms with E-state index in [1.165, 1.54) is 13.2 Å². The van der Waals surface area contributed by atoms with E-state index in [-0.39, 0.29) is 11.0 Å². The van der Waals surface area contributed by atoms with Crippen LogP contribution in [-0.4, -0.2) is 43.3 Å². The van der Waals surface area contributed by atoms with Crippen LogP contribution < -0.4 is 15.2 Å². The van der Waals surface area contributed by atoms with Gasteiger partial charge in [-0.25, -0.2) is 24.4 Å². The van der Waals surface area contributed by atoms with Gasteiger partial charge in [0.1, 0.15) is 9.84 Å². The Morgan fingerprint density at radius 1 is 1.12 bits per heavy atom. The van der Waals surface area contributed by atoms with Gasteiger partial charge in [-0.05, 0) is 42.8 Å². The highest BCUT2D eigenvalue weighted by atomic mass is 32.2. The number of sulfone groups is 1. The summed E-state index contributed by atoms with van der Waals surface area (Å²) in [4.78, 5) is 16.5. The van der Waals surface area contributed by atoms with E-state index in [9.17, 15) is 26.4 Å². The number of hydrogen-bond donors (Lipinski definition) is 0. The molecule has 1 aromatic heterocycles. The lowest BCUT2D eigenvalue weighted by Gasteiger charge is -2.20. The quantitative estimate of drug-likeness (QED) is 0.443. The van der Waals surface area contributed by atoms with E-state index >= 15 is 0 Å². The van der Waals surface area contributed by atoms with E-state index < -0.39 is 45.7 Å². The van der Waals surface area contributed by atoms with Gasteiger partial charge in [-0.1, -0.05) is 6.07 Å². The number of ether oxygens (including phenoxy) is 2. The maximum Gasteiger partial charge on any atom is 0.416 e. The van der Waals surface area contributed by atoms with Gasteiger partial charge in [0, 0.05) is 6.26 Å². The molecular weight excluding hydrogens is 475 g/mol. The first-order chi connectivity index (χ1) is 15.9. The lowest BCUT2D eigenvalue weighted by Crippen LogP contribution is -2.31. The topological polar surface area (TPSA) is 83.9 Å². The van der Waals surface area contributed by atoms with Crippen molar-refractivity contribution in [2.24, 2.45) is 0 Å². The lowest BCUT2D eigenvalue weighted by molar-refractivity contribution is -0.137. The van der Waals surface area contributed by atoms with Crippen LogP contribution in [0.1, 0.15) is 24.1 Å². The van der Waals surface area contributed by atoms with Crippen LogP contribution in [0.3, 0.4) is 0 Å². The fourth-order valence-corrected chi connectivity index (χ4v) is 4.65. The summed E-state index contributed by atoms with van der Waals surface area (Å²) in [6, 6.07) is 6.27. The molecule has 182 valence electrons. The predicted octanol–water partition coefficient (Wildman–Crippen LogP) is 3.74. The molecule has 0 amide bonds. The highest BCUT2D eigenvalue weighted by Gasteiger charge is 2.33. The maximum absolute atomic E-state index is 13.3. The van der Waals surface area contributed by atoms with Crippen molar-refractivity contribution in [3.63, 3.8) is 0 Å². The first kappa shape index (κ1) is 25.2. The summed E-state index contributed by atoms with van der Waals surface area (Å²) in [5, 5.41) is 0. The van der Waals surface area contributed by atoms with Crippen molar-refractivity contribution in [3.05, 3.63) is 69.4 Å². The molecule has 8 nitrogen and oxygen atoms in total. The van der Waals surface area contributed by atoms with E-state index in [1.807, 2.05) is 0 Å². The zero-order chi connectivity index (χ0) is 25.3. The second-order valence-corrected chi connectivity index (χ2v) is 9.72. The molecule has 3 aromatic rings. The van der Waals surface area contributed by atoms with Crippen molar-refractivity contribution in [3.8, 4) is 11.5 Å². The second kappa shape index (κ2) is 9.42. The first-order valence-electron chi connectivity index (χ1n) is 10.0. The molecule has 0 aliphatic heterocycles. The lowest BCUT2D eigenvalue weighted by atomic mass is 10.1. The number of halogens is 3. The summed E-state index contributed by atoms with van der Waals surface area (Å²) in [6.07, 6.45) is -3.66. The minimum atomic E-state index is -4.66. The van der Waals surface area contributed by atoms with Crippen LogP contribution in [-0.2, 0) is 22.7 Å². The number of benzene rings is 2. The first-order valence-corrected chi connectivity index (χ1v) is 12.1. The molecule has 1 atom stereocenters. The molecule has 0 saturated carbocycles. The maximum atomic E-state index is 13.3. The number of aromatic nitrogens is 2. The third kappa shape index (κ3) is 5.04. The molecule has 34 heavy (non-hydrogen) atoms. The van der Waals surface area contributed by atoms with Crippen molar-refractivity contribution >= 4 is 20.9 Å². The molecule has 0 unspecified atom stereocenters. The predicted molar refractivity (Wildman–Crippen MR) is 120 cm³/mol. The molecule has 0 aliphatic rings. The van der Waals surface area contributed by atoms with Crippen molar-refractivity contribution in [1.82, 2.24) is 9.13 Å². The van der Waals surface area contributed by atoms with Crippen LogP contribution in [0.5, 0.6) is 11.5 Å². The van der Waals surface area contributed by atoms with Crippen molar-refractivity contribution < 1.29 is 31.1 Å². The van der Waals surface area contributed by atoms with Crippen LogP contribution in [0.2, 0.25) is 0 Å². The average molecular weight is 497 g/mol.